The number of rotatable bonds is 5. The summed E-state index contributed by atoms with van der Waals surface area (Å²) >= 11 is 0. The maximum Gasteiger partial charge on any atom is 0.304 e. The van der Waals surface area contributed by atoms with Crippen LogP contribution in [0.1, 0.15) is 51.4 Å². The Morgan fingerprint density at radius 3 is 2.50 bits per heavy atom. The highest BCUT2D eigenvalue weighted by atomic mass is 32.2. The predicted octanol–water partition coefficient (Wildman–Crippen LogP) is 0.371. The Morgan fingerprint density at radius 2 is 1.84 bits per heavy atom. The van der Waals surface area contributed by atoms with Crippen LogP contribution >= 0.6 is 0 Å². The molecule has 2 heterocycles. The van der Waals surface area contributed by atoms with Gasteiger partial charge in [0, 0.05) is 13.1 Å². The lowest BCUT2D eigenvalue weighted by Gasteiger charge is -2.48. The van der Waals surface area contributed by atoms with Gasteiger partial charge in [0.2, 0.25) is 15.9 Å². The normalized spacial score (nSPS) is 43.2. The second-order valence-corrected chi connectivity index (χ2v) is 14.2. The van der Waals surface area contributed by atoms with Crippen LogP contribution in [0, 0.1) is 23.7 Å². The highest BCUT2D eigenvalue weighted by Crippen LogP contribution is 2.48. The van der Waals surface area contributed by atoms with Crippen molar-refractivity contribution in [1.82, 2.24) is 13.3 Å². The summed E-state index contributed by atoms with van der Waals surface area (Å²) in [6.07, 6.45) is 3.15. The van der Waals surface area contributed by atoms with Crippen molar-refractivity contribution in [2.75, 3.05) is 19.6 Å². The van der Waals surface area contributed by atoms with Crippen molar-refractivity contribution >= 4 is 26.1 Å². The highest BCUT2D eigenvalue weighted by Gasteiger charge is 2.54. The Labute approximate surface area is 188 Å². The Bertz CT molecular complexity index is 972. The molecule has 5 rings (SSSR count). The van der Waals surface area contributed by atoms with Gasteiger partial charge in [-0.05, 0) is 68.6 Å². The lowest BCUT2D eigenvalue weighted by Crippen LogP contribution is -2.58. The van der Waals surface area contributed by atoms with E-state index >= 15 is 4.39 Å². The quantitative estimate of drug-likeness (QED) is 0.570. The van der Waals surface area contributed by atoms with Gasteiger partial charge in [-0.25, -0.2) is 21.8 Å². The molecule has 12 heteroatoms. The minimum absolute atomic E-state index is 0.00297. The monoisotopic (exact) mass is 493 g/mol. The van der Waals surface area contributed by atoms with E-state index < -0.39 is 51.0 Å². The largest absolute Gasteiger partial charge is 0.391 e. The lowest BCUT2D eigenvalue weighted by molar-refractivity contribution is -0.120. The zero-order valence-electron chi connectivity index (χ0n) is 18.0. The Morgan fingerprint density at radius 1 is 1.09 bits per heavy atom. The molecular weight excluding hydrogens is 461 g/mol. The highest BCUT2D eigenvalue weighted by molar-refractivity contribution is 7.90. The summed E-state index contributed by atoms with van der Waals surface area (Å²) in [5.41, 5.74) is 0. The van der Waals surface area contributed by atoms with Gasteiger partial charge in [0.15, 0.2) is 0 Å². The van der Waals surface area contributed by atoms with Crippen LogP contribution in [0.25, 0.3) is 0 Å². The van der Waals surface area contributed by atoms with Crippen LogP contribution in [-0.4, -0.2) is 79.7 Å². The molecule has 3 aliphatic carbocycles. The number of hydrogen-bond donors (Lipinski definition) is 2. The minimum Gasteiger partial charge on any atom is -0.391 e. The van der Waals surface area contributed by atoms with Crippen molar-refractivity contribution < 1.29 is 31.1 Å². The summed E-state index contributed by atoms with van der Waals surface area (Å²) < 4.78 is 69.4. The molecule has 3 saturated carbocycles. The molecule has 7 atom stereocenters. The first-order valence-electron chi connectivity index (χ1n) is 11.7. The van der Waals surface area contributed by atoms with E-state index in [0.29, 0.717) is 25.9 Å². The van der Waals surface area contributed by atoms with Crippen LogP contribution in [0.5, 0.6) is 0 Å². The van der Waals surface area contributed by atoms with Gasteiger partial charge >= 0.3 is 10.2 Å². The zero-order valence-corrected chi connectivity index (χ0v) is 19.6. The Hall–Kier alpha value is -0.820. The topological polar surface area (TPSA) is 124 Å². The molecule has 0 aromatic heterocycles. The molecule has 32 heavy (non-hydrogen) atoms. The molecule has 1 amide bonds. The predicted molar refractivity (Wildman–Crippen MR) is 114 cm³/mol. The molecule has 0 bridgehead atoms. The maximum absolute atomic E-state index is 15.7. The number of aliphatic hydroxyl groups is 1. The number of nitrogens with zero attached hydrogens (tertiary/aromatic N) is 2. The number of halogens is 1. The van der Waals surface area contributed by atoms with Crippen molar-refractivity contribution in [3.63, 3.8) is 0 Å². The third-order valence-electron chi connectivity index (χ3n) is 8.23. The molecule has 7 unspecified atom stereocenters. The van der Waals surface area contributed by atoms with Crippen LogP contribution in [0.3, 0.4) is 0 Å². The van der Waals surface area contributed by atoms with E-state index in [1.54, 1.807) is 4.31 Å². The van der Waals surface area contributed by atoms with Crippen LogP contribution in [-0.2, 0) is 25.0 Å². The van der Waals surface area contributed by atoms with E-state index in [1.165, 1.54) is 0 Å². The van der Waals surface area contributed by atoms with E-state index in [-0.39, 0.29) is 28.9 Å². The van der Waals surface area contributed by atoms with Crippen LogP contribution < -0.4 is 4.72 Å². The van der Waals surface area contributed by atoms with Gasteiger partial charge in [0.25, 0.3) is 0 Å². The van der Waals surface area contributed by atoms with Gasteiger partial charge in [0.05, 0.1) is 23.9 Å². The van der Waals surface area contributed by atoms with Gasteiger partial charge in [-0.3, -0.25) is 4.79 Å². The standard InChI is InChI=1S/C20H32FN3O6S2/c21-19-16-8-12(7-13-5-6-23(10-13)31(27,28)15-3-4-15)1-2-14(16)9-17(25)20(19)24-11-18(26)22-32(24,29)30/h12-17,19-20,25H,1-11H2,(H,22,26). The van der Waals surface area contributed by atoms with Crippen LogP contribution in [0.4, 0.5) is 4.39 Å². The molecule has 2 N–H and O–H groups in total. The Kier molecular flexibility index (Phi) is 5.84. The molecule has 0 radical (unpaired) electrons. The van der Waals surface area contributed by atoms with Crippen molar-refractivity contribution in [3.8, 4) is 0 Å². The summed E-state index contributed by atoms with van der Waals surface area (Å²) in [6.45, 7) is 0.651. The summed E-state index contributed by atoms with van der Waals surface area (Å²) in [7, 11) is -7.28. The van der Waals surface area contributed by atoms with Gasteiger partial charge < -0.3 is 5.11 Å². The molecular formula is C20H32FN3O6S2. The zero-order chi connectivity index (χ0) is 22.8. The third kappa shape index (κ3) is 4.10. The van der Waals surface area contributed by atoms with Crippen molar-refractivity contribution in [2.45, 2.75) is 74.9 Å². The first kappa shape index (κ1) is 22.9. The minimum atomic E-state index is -4.12. The first-order chi connectivity index (χ1) is 15.1. The van der Waals surface area contributed by atoms with Gasteiger partial charge in [-0.2, -0.15) is 12.7 Å². The Balaban J connectivity index is 1.23. The van der Waals surface area contributed by atoms with Crippen molar-refractivity contribution in [2.24, 2.45) is 23.7 Å². The number of carbonyl (C=O) groups excluding carboxylic acids is 1. The molecule has 182 valence electrons. The molecule has 0 spiro atoms. The van der Waals surface area contributed by atoms with Gasteiger partial charge in [-0.15, -0.1) is 0 Å². The smallest absolute Gasteiger partial charge is 0.304 e. The summed E-state index contributed by atoms with van der Waals surface area (Å²) in [6, 6.07) is -1.25. The fourth-order valence-corrected chi connectivity index (χ4v) is 9.78. The van der Waals surface area contributed by atoms with E-state index in [9.17, 15) is 26.7 Å². The van der Waals surface area contributed by atoms with Crippen molar-refractivity contribution in [1.29, 1.82) is 0 Å². The number of fused-ring (bicyclic) bond motifs is 1. The number of carbonyl (C=O) groups is 1. The fraction of sp³-hybridized carbons (Fsp3) is 0.950. The average molecular weight is 494 g/mol. The van der Waals surface area contributed by atoms with E-state index in [4.69, 9.17) is 0 Å². The molecule has 2 aliphatic heterocycles. The van der Waals surface area contributed by atoms with Gasteiger partial charge in [-0.1, -0.05) is 6.42 Å². The number of nitrogens with one attached hydrogen (secondary N) is 1. The second kappa shape index (κ2) is 8.14. The third-order valence-corrected chi connectivity index (χ3v) is 12.1. The summed E-state index contributed by atoms with van der Waals surface area (Å²) in [4.78, 5) is 11.6. The molecule has 5 fully saturated rings. The summed E-state index contributed by atoms with van der Waals surface area (Å²) in [5, 5.41) is 10.4. The van der Waals surface area contributed by atoms with Crippen LogP contribution in [0.15, 0.2) is 0 Å². The molecule has 9 nitrogen and oxygen atoms in total. The summed E-state index contributed by atoms with van der Waals surface area (Å²) in [5.74, 6) is -0.541. The number of hydrogen-bond acceptors (Lipinski definition) is 6. The average Bonchev–Trinajstić information content (AvgIpc) is 3.41. The first-order valence-corrected chi connectivity index (χ1v) is 14.6. The molecule has 0 aromatic carbocycles. The number of alkyl halides is 1. The van der Waals surface area contributed by atoms with Crippen molar-refractivity contribution in [3.05, 3.63) is 0 Å². The fourth-order valence-electron chi connectivity index (χ4n) is 6.52. The number of sulfonamides is 1. The van der Waals surface area contributed by atoms with E-state index in [1.807, 2.05) is 4.72 Å². The van der Waals surface area contributed by atoms with Crippen LogP contribution in [0.2, 0.25) is 0 Å². The van der Waals surface area contributed by atoms with Gasteiger partial charge in [0.1, 0.15) is 6.17 Å². The number of amides is 1. The maximum atomic E-state index is 15.7. The lowest BCUT2D eigenvalue weighted by atomic mass is 9.63. The molecule has 5 aliphatic rings. The van der Waals surface area contributed by atoms with E-state index in [2.05, 4.69) is 0 Å². The van der Waals surface area contributed by atoms with E-state index in [0.717, 1.165) is 42.8 Å². The second-order valence-electron chi connectivity index (χ2n) is 10.4. The molecule has 0 aromatic rings. The number of aliphatic hydroxyl groups excluding tert-OH is 1. The molecule has 2 saturated heterocycles. The SMILES string of the molecule is O=C1CN(C2C(O)CC3CCC(CC4CCN(S(=O)(=O)C5CC5)C4)CC3C2F)S(=O)(=O)N1.